The molecule has 1 rings (SSSR count). The number of nitrogens with one attached hydrogen (secondary N) is 1. The molecule has 0 saturated heterocycles. The normalized spacial score (nSPS) is 13.8. The lowest BCUT2D eigenvalue weighted by molar-refractivity contribution is 0.0611. The molecular weight excluding hydrogens is 140 g/mol. The molecule has 1 aromatic rings. The van der Waals surface area contributed by atoms with Gasteiger partial charge in [-0.15, -0.1) is 0 Å². The average Bonchev–Trinajstić information content (AvgIpc) is 2.40. The molecule has 0 amide bonds. The highest BCUT2D eigenvalue weighted by Crippen LogP contribution is 2.22. The molecule has 1 unspecified atom stereocenters. The summed E-state index contributed by atoms with van der Waals surface area (Å²) in [4.78, 5) is 0. The monoisotopic (exact) mass is 154 g/mol. The smallest absolute Gasteiger partial charge is 0.101 e. The lowest BCUT2D eigenvalue weighted by Gasteiger charge is -2.16. The van der Waals surface area contributed by atoms with Crippen molar-refractivity contribution in [2.24, 2.45) is 5.92 Å². The van der Waals surface area contributed by atoms with Gasteiger partial charge in [0.05, 0.1) is 5.69 Å². The van der Waals surface area contributed by atoms with Crippen molar-refractivity contribution in [2.45, 2.75) is 20.0 Å². The van der Waals surface area contributed by atoms with Gasteiger partial charge in [0, 0.05) is 13.3 Å². The highest BCUT2D eigenvalue weighted by molar-refractivity contribution is 5.02. The summed E-state index contributed by atoms with van der Waals surface area (Å²) in [6.45, 7) is 4.24. The van der Waals surface area contributed by atoms with Crippen molar-refractivity contribution in [1.82, 2.24) is 10.2 Å². The van der Waals surface area contributed by atoms with E-state index < -0.39 is 0 Å². The first-order chi connectivity index (χ1) is 5.25. The van der Waals surface area contributed by atoms with Crippen LogP contribution >= 0.6 is 0 Å². The van der Waals surface area contributed by atoms with Gasteiger partial charge in [-0.2, -0.15) is 5.10 Å². The lowest BCUT2D eigenvalue weighted by Crippen LogP contribution is -2.09. The fraction of sp³-hybridized carbons (Fsp3) is 0.625. The van der Waals surface area contributed by atoms with Gasteiger partial charge in [0.1, 0.15) is 6.10 Å². The van der Waals surface area contributed by atoms with E-state index in [0.29, 0.717) is 5.92 Å². The number of rotatable bonds is 3. The van der Waals surface area contributed by atoms with Crippen molar-refractivity contribution in [2.75, 3.05) is 7.11 Å². The van der Waals surface area contributed by atoms with Gasteiger partial charge < -0.3 is 4.74 Å². The molecule has 62 valence electrons. The van der Waals surface area contributed by atoms with E-state index in [9.17, 15) is 0 Å². The zero-order valence-corrected chi connectivity index (χ0v) is 7.16. The minimum Gasteiger partial charge on any atom is -0.375 e. The van der Waals surface area contributed by atoms with Gasteiger partial charge in [0.2, 0.25) is 0 Å². The van der Waals surface area contributed by atoms with Crippen molar-refractivity contribution in [3.05, 3.63) is 18.0 Å². The summed E-state index contributed by atoms with van der Waals surface area (Å²) in [6, 6.07) is 1.94. The van der Waals surface area contributed by atoms with Gasteiger partial charge in [-0.3, -0.25) is 5.10 Å². The summed E-state index contributed by atoms with van der Waals surface area (Å²) in [7, 11) is 1.71. The van der Waals surface area contributed by atoms with E-state index in [1.165, 1.54) is 0 Å². The molecule has 11 heavy (non-hydrogen) atoms. The second-order valence-corrected chi connectivity index (χ2v) is 2.91. The molecule has 3 nitrogen and oxygen atoms in total. The third kappa shape index (κ3) is 1.80. The molecule has 0 aliphatic carbocycles. The Kier molecular flexibility index (Phi) is 2.65. The van der Waals surface area contributed by atoms with Gasteiger partial charge in [0.25, 0.3) is 0 Å². The van der Waals surface area contributed by atoms with Gasteiger partial charge in [-0.1, -0.05) is 13.8 Å². The fourth-order valence-corrected chi connectivity index (χ4v) is 1.18. The van der Waals surface area contributed by atoms with Crippen LogP contribution in [0.25, 0.3) is 0 Å². The number of H-pyrrole nitrogens is 1. The first-order valence-electron chi connectivity index (χ1n) is 3.77. The maximum Gasteiger partial charge on any atom is 0.101 e. The minimum atomic E-state index is 0.137. The minimum absolute atomic E-state index is 0.137. The molecule has 3 heteroatoms. The number of hydrogen-bond donors (Lipinski definition) is 1. The standard InChI is InChI=1S/C8H14N2O/c1-6(2)8(11-3)7-4-5-9-10-7/h4-6,8H,1-3H3,(H,9,10). The van der Waals surface area contributed by atoms with E-state index in [4.69, 9.17) is 4.74 Å². The number of ether oxygens (including phenoxy) is 1. The van der Waals surface area contributed by atoms with Crippen LogP contribution in [0, 0.1) is 5.92 Å². The second kappa shape index (κ2) is 3.53. The molecule has 0 aliphatic rings. The molecule has 1 atom stereocenters. The molecule has 0 spiro atoms. The largest absolute Gasteiger partial charge is 0.375 e. The van der Waals surface area contributed by atoms with Crippen LogP contribution in [0.15, 0.2) is 12.3 Å². The third-order valence-corrected chi connectivity index (χ3v) is 1.69. The first kappa shape index (κ1) is 8.27. The number of nitrogens with zero attached hydrogens (tertiary/aromatic N) is 1. The van der Waals surface area contributed by atoms with Crippen LogP contribution in [0.2, 0.25) is 0 Å². The first-order valence-corrected chi connectivity index (χ1v) is 3.77. The van der Waals surface area contributed by atoms with Crippen LogP contribution in [-0.4, -0.2) is 17.3 Å². The number of methoxy groups -OCH3 is 1. The van der Waals surface area contributed by atoms with Crippen molar-refractivity contribution < 1.29 is 4.74 Å². The van der Waals surface area contributed by atoms with Crippen LogP contribution in [0.4, 0.5) is 0 Å². The summed E-state index contributed by atoms with van der Waals surface area (Å²) in [5, 5.41) is 6.76. The van der Waals surface area contributed by atoms with E-state index in [0.717, 1.165) is 5.69 Å². The van der Waals surface area contributed by atoms with Crippen LogP contribution in [0.5, 0.6) is 0 Å². The maximum atomic E-state index is 5.28. The fourth-order valence-electron chi connectivity index (χ4n) is 1.18. The quantitative estimate of drug-likeness (QED) is 0.720. The molecule has 0 aliphatic heterocycles. The summed E-state index contributed by atoms with van der Waals surface area (Å²) in [6.07, 6.45) is 1.88. The predicted octanol–water partition coefficient (Wildman–Crippen LogP) is 1.75. The van der Waals surface area contributed by atoms with Crippen LogP contribution in [0.3, 0.4) is 0 Å². The van der Waals surface area contributed by atoms with Gasteiger partial charge in [0.15, 0.2) is 0 Å². The zero-order chi connectivity index (χ0) is 8.27. The summed E-state index contributed by atoms with van der Waals surface area (Å²) in [5.41, 5.74) is 1.04. The summed E-state index contributed by atoms with van der Waals surface area (Å²) in [5.74, 6) is 0.473. The Balaban J connectivity index is 2.71. The molecule has 1 N–H and O–H groups in total. The van der Waals surface area contributed by atoms with Crippen molar-refractivity contribution in [1.29, 1.82) is 0 Å². The number of hydrogen-bond acceptors (Lipinski definition) is 2. The molecule has 0 bridgehead atoms. The highest BCUT2D eigenvalue weighted by atomic mass is 16.5. The Hall–Kier alpha value is -0.830. The molecule has 0 fully saturated rings. The lowest BCUT2D eigenvalue weighted by atomic mass is 10.0. The van der Waals surface area contributed by atoms with Gasteiger partial charge in [-0.05, 0) is 12.0 Å². The van der Waals surface area contributed by atoms with E-state index in [-0.39, 0.29) is 6.10 Å². The van der Waals surface area contributed by atoms with E-state index in [2.05, 4.69) is 24.0 Å². The summed E-state index contributed by atoms with van der Waals surface area (Å²) < 4.78 is 5.28. The molecule has 1 heterocycles. The van der Waals surface area contributed by atoms with Crippen molar-refractivity contribution in [3.8, 4) is 0 Å². The molecule has 0 radical (unpaired) electrons. The Labute approximate surface area is 66.8 Å². The number of aromatic amines is 1. The van der Waals surface area contributed by atoms with E-state index in [1.807, 2.05) is 6.07 Å². The van der Waals surface area contributed by atoms with Crippen molar-refractivity contribution >= 4 is 0 Å². The Bertz CT molecular complexity index is 194. The Morgan fingerprint density at radius 3 is 2.64 bits per heavy atom. The van der Waals surface area contributed by atoms with Gasteiger partial charge in [-0.25, -0.2) is 0 Å². The molecule has 1 aromatic heterocycles. The maximum absolute atomic E-state index is 5.28. The third-order valence-electron chi connectivity index (χ3n) is 1.69. The van der Waals surface area contributed by atoms with Crippen LogP contribution in [-0.2, 0) is 4.74 Å². The van der Waals surface area contributed by atoms with E-state index >= 15 is 0 Å². The highest BCUT2D eigenvalue weighted by Gasteiger charge is 2.15. The SMILES string of the molecule is COC(c1ccn[nH]1)C(C)C. The molecule has 0 aromatic carbocycles. The zero-order valence-electron chi connectivity index (χ0n) is 7.16. The Morgan fingerprint density at radius 2 is 2.27 bits per heavy atom. The molecular formula is C8H14N2O. The second-order valence-electron chi connectivity index (χ2n) is 2.91. The number of aromatic nitrogens is 2. The average molecular weight is 154 g/mol. The molecule has 0 saturated carbocycles. The summed E-state index contributed by atoms with van der Waals surface area (Å²) >= 11 is 0. The van der Waals surface area contributed by atoms with Gasteiger partial charge >= 0.3 is 0 Å². The van der Waals surface area contributed by atoms with E-state index in [1.54, 1.807) is 13.3 Å². The van der Waals surface area contributed by atoms with Crippen LogP contribution < -0.4 is 0 Å². The topological polar surface area (TPSA) is 37.9 Å². The Morgan fingerprint density at radius 1 is 1.55 bits per heavy atom. The van der Waals surface area contributed by atoms with Crippen LogP contribution in [0.1, 0.15) is 25.6 Å². The van der Waals surface area contributed by atoms with Crippen molar-refractivity contribution in [3.63, 3.8) is 0 Å². The predicted molar refractivity (Wildman–Crippen MR) is 43.2 cm³/mol.